The average Bonchev–Trinajstić information content (AvgIpc) is 3.83. The Hall–Kier alpha value is -3.57. The fraction of sp³-hybridized carbons (Fsp3) is 0.476. The molecule has 8 heterocycles. The predicted molar refractivity (Wildman–Crippen MR) is 145 cm³/mol. The number of aliphatic hydroxyl groups is 2. The van der Waals surface area contributed by atoms with E-state index in [2.05, 4.69) is 35.1 Å². The summed E-state index contributed by atoms with van der Waals surface area (Å²) in [5.74, 6) is 0.0363. The minimum Gasteiger partial charge on any atom is -0.387 e. The number of imidazole rings is 2. The third-order valence-electron chi connectivity index (χ3n) is 7.73. The van der Waals surface area contributed by atoms with Gasteiger partial charge in [-0.25, -0.2) is 34.0 Å². The molecule has 3 saturated heterocycles. The number of nitrogens with two attached hydrogens (primary N) is 1. The molecule has 46 heavy (non-hydrogen) atoms. The highest BCUT2D eigenvalue weighted by Crippen LogP contribution is 2.53. The summed E-state index contributed by atoms with van der Waals surface area (Å²) in [5.41, 5.74) is 7.06. The van der Waals surface area contributed by atoms with Gasteiger partial charge >= 0.3 is 15.6 Å². The number of rotatable bonds is 2. The third kappa shape index (κ3) is 4.89. The summed E-state index contributed by atoms with van der Waals surface area (Å²) < 4.78 is 63.3. The molecule has 2 bridgehead atoms. The van der Waals surface area contributed by atoms with Crippen LogP contribution in [0.25, 0.3) is 28.0 Å². The van der Waals surface area contributed by atoms with Gasteiger partial charge in [-0.2, -0.15) is 0 Å². The molecule has 10 atom stereocenters. The van der Waals surface area contributed by atoms with Gasteiger partial charge in [0.1, 0.15) is 61.1 Å². The highest BCUT2D eigenvalue weighted by atomic mass is 31.2. The van der Waals surface area contributed by atoms with Crippen molar-refractivity contribution in [3.8, 4) is 0 Å². The minimum atomic E-state index is -5.06. The molecule has 25 heteroatoms. The summed E-state index contributed by atoms with van der Waals surface area (Å²) in [7, 11) is -10.1. The molecule has 0 amide bonds. The maximum atomic E-state index is 13.2. The number of fused-ring (bicyclic) bond motifs is 7. The monoisotopic (exact) mass is 683 g/mol. The number of aliphatic hydroxyl groups excluding tert-OH is 2. The third-order valence-corrected chi connectivity index (χ3v) is 9.70. The van der Waals surface area contributed by atoms with E-state index < -0.39 is 77.9 Å². The first-order valence-electron chi connectivity index (χ1n) is 13.4. The van der Waals surface area contributed by atoms with Gasteiger partial charge < -0.3 is 35.2 Å². The molecule has 5 aromatic rings. The summed E-state index contributed by atoms with van der Waals surface area (Å²) in [6.45, 7) is -1.55. The van der Waals surface area contributed by atoms with E-state index in [1.807, 2.05) is 0 Å². The summed E-state index contributed by atoms with van der Waals surface area (Å²) in [5, 5.41) is 30.1. The number of phosphoric acid groups is 2. The van der Waals surface area contributed by atoms with Gasteiger partial charge in [0.2, 0.25) is 0 Å². The Morgan fingerprint density at radius 2 is 1.39 bits per heavy atom. The fourth-order valence-electron chi connectivity index (χ4n) is 5.61. The van der Waals surface area contributed by atoms with E-state index in [-0.39, 0.29) is 22.6 Å². The summed E-state index contributed by atoms with van der Waals surface area (Å²) in [4.78, 5) is 42.1. The lowest BCUT2D eigenvalue weighted by molar-refractivity contribution is -0.0672. The Kier molecular flexibility index (Phi) is 6.96. The number of aromatic nitrogens is 10. The maximum absolute atomic E-state index is 13.2. The van der Waals surface area contributed by atoms with E-state index in [9.17, 15) is 29.1 Å². The molecule has 0 aromatic carbocycles. The van der Waals surface area contributed by atoms with Crippen LogP contribution in [0.3, 0.4) is 0 Å². The molecule has 3 aliphatic rings. The first kappa shape index (κ1) is 29.8. The lowest BCUT2D eigenvalue weighted by Crippen LogP contribution is -2.36. The molecule has 0 saturated carbocycles. The number of anilines is 1. The van der Waals surface area contributed by atoms with Crippen LogP contribution >= 0.6 is 15.6 Å². The lowest BCUT2D eigenvalue weighted by atomic mass is 10.1. The Morgan fingerprint density at radius 1 is 0.739 bits per heavy atom. The molecule has 2 unspecified atom stereocenters. The molecular weight excluding hydrogens is 660 g/mol. The molecule has 3 fully saturated rings. The number of phosphoric ester groups is 2. The summed E-state index contributed by atoms with van der Waals surface area (Å²) >= 11 is 0. The maximum Gasteiger partial charge on any atom is 0.472 e. The molecule has 5 aromatic heterocycles. The Bertz CT molecular complexity index is 2060. The van der Waals surface area contributed by atoms with Crippen LogP contribution in [0.4, 0.5) is 5.82 Å². The molecule has 244 valence electrons. The number of ether oxygens (including phenoxy) is 2. The molecule has 0 aliphatic carbocycles. The van der Waals surface area contributed by atoms with Gasteiger partial charge in [0, 0.05) is 0 Å². The van der Waals surface area contributed by atoms with E-state index in [4.69, 9.17) is 33.3 Å². The average molecular weight is 683 g/mol. The van der Waals surface area contributed by atoms with Crippen molar-refractivity contribution in [1.29, 1.82) is 0 Å². The van der Waals surface area contributed by atoms with Crippen LogP contribution in [0.2, 0.25) is 0 Å². The van der Waals surface area contributed by atoms with Crippen molar-refractivity contribution in [2.45, 2.75) is 49.1 Å². The molecular formula is C21H23N11O12P2. The number of hydrogen-bond donors (Lipinski definition) is 5. The van der Waals surface area contributed by atoms with Gasteiger partial charge in [0.15, 0.2) is 40.7 Å². The van der Waals surface area contributed by atoms with Crippen LogP contribution in [0.5, 0.6) is 0 Å². The van der Waals surface area contributed by atoms with Crippen LogP contribution in [0, 0.1) is 0 Å². The van der Waals surface area contributed by atoms with Gasteiger partial charge in [0.25, 0.3) is 0 Å². The molecule has 8 rings (SSSR count). The first-order chi connectivity index (χ1) is 22.0. The smallest absolute Gasteiger partial charge is 0.387 e. The Morgan fingerprint density at radius 3 is 2.17 bits per heavy atom. The van der Waals surface area contributed by atoms with E-state index in [1.165, 1.54) is 38.8 Å². The van der Waals surface area contributed by atoms with Crippen LogP contribution in [-0.2, 0) is 36.7 Å². The second-order valence-corrected chi connectivity index (χ2v) is 13.3. The van der Waals surface area contributed by atoms with Crippen molar-refractivity contribution in [3.63, 3.8) is 0 Å². The first-order valence-corrected chi connectivity index (χ1v) is 16.4. The van der Waals surface area contributed by atoms with Crippen LogP contribution < -0.4 is 5.73 Å². The molecule has 23 nitrogen and oxygen atoms in total. The van der Waals surface area contributed by atoms with Crippen molar-refractivity contribution < 1.29 is 56.7 Å². The highest BCUT2D eigenvalue weighted by molar-refractivity contribution is 7.47. The van der Waals surface area contributed by atoms with Crippen molar-refractivity contribution in [2.24, 2.45) is 0 Å². The van der Waals surface area contributed by atoms with Gasteiger partial charge in [-0.3, -0.25) is 31.6 Å². The van der Waals surface area contributed by atoms with Crippen LogP contribution in [0.15, 0.2) is 31.6 Å². The van der Waals surface area contributed by atoms with Gasteiger partial charge in [0.05, 0.1) is 25.9 Å². The lowest BCUT2D eigenvalue weighted by Gasteiger charge is -2.25. The highest BCUT2D eigenvalue weighted by Gasteiger charge is 2.54. The molecule has 0 spiro atoms. The summed E-state index contributed by atoms with van der Waals surface area (Å²) in [6, 6.07) is 0. The van der Waals surface area contributed by atoms with Crippen molar-refractivity contribution in [1.82, 2.24) is 48.7 Å². The van der Waals surface area contributed by atoms with E-state index in [1.54, 1.807) is 0 Å². The fourth-order valence-corrected chi connectivity index (χ4v) is 7.50. The Labute approximate surface area is 254 Å². The molecule has 0 radical (unpaired) electrons. The quantitative estimate of drug-likeness (QED) is 0.131. The second kappa shape index (κ2) is 10.7. The number of nitrogen functional groups attached to an aromatic ring is 1. The van der Waals surface area contributed by atoms with Gasteiger partial charge in [-0.05, 0) is 0 Å². The topological polar surface area (TPSA) is 301 Å². The largest absolute Gasteiger partial charge is 0.472 e. The minimum absolute atomic E-state index is 0.0363. The SMILES string of the molecule is Nc1ncnc2c1ncn2[C@@H]1O[C@@H]2COP(=O)(O)O[C@H]3[C@@H](O)[C@H](n4cnc5c4ncn4cnnc54)O[C@@H]3COP(=O)(O)O[C@@H]1[C@@H]2O. The van der Waals surface area contributed by atoms with Gasteiger partial charge in [-0.15, -0.1) is 10.2 Å². The van der Waals surface area contributed by atoms with Crippen molar-refractivity contribution in [3.05, 3.63) is 31.6 Å². The second-order valence-electron chi connectivity index (χ2n) is 10.5. The predicted octanol–water partition coefficient (Wildman–Crippen LogP) is -1.57. The Balaban J connectivity index is 1.11. The normalized spacial score (nSPS) is 37.3. The zero-order chi connectivity index (χ0) is 32.0. The van der Waals surface area contributed by atoms with Crippen molar-refractivity contribution >= 4 is 49.4 Å². The van der Waals surface area contributed by atoms with E-state index >= 15 is 0 Å². The van der Waals surface area contributed by atoms with Crippen LogP contribution in [0.1, 0.15) is 12.5 Å². The zero-order valence-corrected chi connectivity index (χ0v) is 24.7. The molecule has 3 aliphatic heterocycles. The number of hydrogen-bond acceptors (Lipinski definition) is 18. The summed E-state index contributed by atoms with van der Waals surface area (Å²) in [6.07, 6.45) is -5.66. The van der Waals surface area contributed by atoms with Crippen molar-refractivity contribution in [2.75, 3.05) is 18.9 Å². The number of nitrogens with zero attached hydrogens (tertiary/aromatic N) is 10. The molecule has 6 N–H and O–H groups in total. The standard InChI is InChI=1S/C21H23N11O12P2/c22-16-10-17(24-3-23-16)32(5-25-10)21-15-12(33)8(41-21)1-39-45(35,36)43-14-9(2-40-46(37,38)44-15)42-20(13(14)34)31-6-26-11-18(31)27-4-30-7-28-29-19(11)30/h3-9,12-15,20-21,33-34H,1-2H2,(H,35,36)(H,37,38)(H2,22,23,24)/t8-,9-,12-,13-,14-,15-,20-,21-/m1/s1. The zero-order valence-electron chi connectivity index (χ0n) is 22.9. The van der Waals surface area contributed by atoms with Crippen LogP contribution in [-0.4, -0.2) is 118 Å². The van der Waals surface area contributed by atoms with Gasteiger partial charge in [-0.1, -0.05) is 0 Å². The van der Waals surface area contributed by atoms with E-state index in [0.717, 1.165) is 6.33 Å². The van der Waals surface area contributed by atoms with E-state index in [0.29, 0.717) is 11.2 Å².